The highest BCUT2D eigenvalue weighted by Crippen LogP contribution is 2.34. The molecule has 0 radical (unpaired) electrons. The van der Waals surface area contributed by atoms with Gasteiger partial charge in [0.05, 0.1) is 9.79 Å². The molecule has 2 rings (SSSR count). The lowest BCUT2D eigenvalue weighted by molar-refractivity contribution is 0.496. The van der Waals surface area contributed by atoms with Crippen LogP contribution in [0.15, 0.2) is 64.4 Å². The predicted molar refractivity (Wildman–Crippen MR) is 73.7 cm³/mol. The molecule has 0 aromatic heterocycles. The molecule has 0 heterocycles. The lowest BCUT2D eigenvalue weighted by Gasteiger charge is -2.08. The van der Waals surface area contributed by atoms with Crippen LogP contribution >= 0.6 is 7.37 Å². The third-order valence-corrected chi connectivity index (χ3v) is 5.72. The minimum Gasteiger partial charge on any atom is -0.341 e. The Morgan fingerprint density at radius 2 is 1.37 bits per heavy atom. The zero-order chi connectivity index (χ0) is 14.1. The van der Waals surface area contributed by atoms with Crippen LogP contribution in [0.4, 0.5) is 0 Å². The van der Waals surface area contributed by atoms with E-state index in [1.54, 1.807) is 18.2 Å². The van der Waals surface area contributed by atoms with Gasteiger partial charge in [-0.15, -0.1) is 0 Å². The number of hydrogen-bond donors (Lipinski definition) is 1. The van der Waals surface area contributed by atoms with Crippen molar-refractivity contribution >= 4 is 22.5 Å². The molecule has 2 aromatic carbocycles. The first-order valence-corrected chi connectivity index (χ1v) is 9.12. The van der Waals surface area contributed by atoms with E-state index in [0.717, 1.165) is 0 Å². The molecule has 0 amide bonds. The first-order chi connectivity index (χ1) is 8.82. The van der Waals surface area contributed by atoms with E-state index < -0.39 is 17.2 Å². The summed E-state index contributed by atoms with van der Waals surface area (Å²) in [6.45, 7) is 1.22. The second kappa shape index (κ2) is 4.93. The molecule has 1 N–H and O–H groups in total. The van der Waals surface area contributed by atoms with Gasteiger partial charge >= 0.3 is 0 Å². The fourth-order valence-electron chi connectivity index (χ4n) is 1.64. The van der Waals surface area contributed by atoms with Crippen LogP contribution in [0.5, 0.6) is 0 Å². The zero-order valence-corrected chi connectivity index (χ0v) is 11.9. The first-order valence-electron chi connectivity index (χ1n) is 5.53. The van der Waals surface area contributed by atoms with Gasteiger partial charge in [0.15, 0.2) is 0 Å². The second-order valence-electron chi connectivity index (χ2n) is 4.19. The lowest BCUT2D eigenvalue weighted by atomic mass is 10.4. The molecular formula is C13H13O4PS. The van der Waals surface area contributed by atoms with E-state index in [2.05, 4.69) is 0 Å². The summed E-state index contributed by atoms with van der Waals surface area (Å²) in [4.78, 5) is 9.71. The molecule has 0 saturated heterocycles. The number of benzene rings is 2. The summed E-state index contributed by atoms with van der Waals surface area (Å²) in [7, 11) is -6.93. The third-order valence-electron chi connectivity index (χ3n) is 2.68. The van der Waals surface area contributed by atoms with Crippen LogP contribution in [-0.4, -0.2) is 20.0 Å². The summed E-state index contributed by atoms with van der Waals surface area (Å²) < 4.78 is 36.0. The third kappa shape index (κ3) is 2.95. The largest absolute Gasteiger partial charge is 0.341 e. The van der Waals surface area contributed by atoms with Gasteiger partial charge in [0, 0.05) is 12.0 Å². The van der Waals surface area contributed by atoms with Gasteiger partial charge in [-0.3, -0.25) is 4.57 Å². The molecule has 0 bridgehead atoms. The first kappa shape index (κ1) is 14.0. The fourth-order valence-corrected chi connectivity index (χ4v) is 3.62. The SMILES string of the molecule is CP(=O)(O)c1ccc(S(=O)(=O)c2ccccc2)cc1. The Kier molecular flexibility index (Phi) is 3.63. The Labute approximate surface area is 112 Å². The smallest absolute Gasteiger partial charge is 0.226 e. The molecule has 1 unspecified atom stereocenters. The van der Waals surface area contributed by atoms with E-state index in [4.69, 9.17) is 0 Å². The van der Waals surface area contributed by atoms with Gasteiger partial charge < -0.3 is 4.89 Å². The summed E-state index contributed by atoms with van der Waals surface area (Å²) in [5.41, 5.74) is 0. The van der Waals surface area contributed by atoms with Crippen molar-refractivity contribution in [3.05, 3.63) is 54.6 Å². The van der Waals surface area contributed by atoms with Gasteiger partial charge in [-0.2, -0.15) is 0 Å². The minimum atomic E-state index is -3.57. The van der Waals surface area contributed by atoms with Gasteiger partial charge in [-0.1, -0.05) is 18.2 Å². The Morgan fingerprint density at radius 1 is 0.895 bits per heavy atom. The summed E-state index contributed by atoms with van der Waals surface area (Å²) in [6.07, 6.45) is 0. The molecular weight excluding hydrogens is 283 g/mol. The Balaban J connectivity index is 2.46. The Morgan fingerprint density at radius 3 is 1.84 bits per heavy atom. The van der Waals surface area contributed by atoms with Crippen molar-refractivity contribution in [3.63, 3.8) is 0 Å². The molecule has 1 atom stereocenters. The van der Waals surface area contributed by atoms with Crippen molar-refractivity contribution < 1.29 is 17.9 Å². The second-order valence-corrected chi connectivity index (χ2v) is 8.41. The van der Waals surface area contributed by atoms with E-state index in [1.165, 1.54) is 43.1 Å². The van der Waals surface area contributed by atoms with Gasteiger partial charge in [-0.05, 0) is 36.4 Å². The molecule has 2 aromatic rings. The highest BCUT2D eigenvalue weighted by Gasteiger charge is 2.19. The zero-order valence-electron chi connectivity index (χ0n) is 10.2. The van der Waals surface area contributed by atoms with Crippen LogP contribution in [0, 0.1) is 0 Å². The summed E-state index contributed by atoms with van der Waals surface area (Å²) in [6, 6.07) is 13.5. The predicted octanol–water partition coefficient (Wildman–Crippen LogP) is 2.04. The highest BCUT2D eigenvalue weighted by atomic mass is 32.2. The fraction of sp³-hybridized carbons (Fsp3) is 0.0769. The molecule has 0 fully saturated rings. The van der Waals surface area contributed by atoms with E-state index in [-0.39, 0.29) is 15.1 Å². The van der Waals surface area contributed by atoms with Crippen LogP contribution in [0.2, 0.25) is 0 Å². The quantitative estimate of drug-likeness (QED) is 0.880. The highest BCUT2D eigenvalue weighted by molar-refractivity contribution is 7.91. The van der Waals surface area contributed by atoms with Crippen molar-refractivity contribution in [2.75, 3.05) is 6.66 Å². The molecule has 0 spiro atoms. The van der Waals surface area contributed by atoms with Gasteiger partial charge in [-0.25, -0.2) is 8.42 Å². The van der Waals surface area contributed by atoms with E-state index >= 15 is 0 Å². The minimum absolute atomic E-state index is 0.107. The van der Waals surface area contributed by atoms with Crippen molar-refractivity contribution in [2.45, 2.75) is 9.79 Å². The molecule has 6 heteroatoms. The van der Waals surface area contributed by atoms with Crippen molar-refractivity contribution in [3.8, 4) is 0 Å². The summed E-state index contributed by atoms with van der Waals surface area (Å²) in [5, 5.41) is 0.236. The maximum atomic E-state index is 12.3. The monoisotopic (exact) mass is 296 g/mol. The molecule has 0 aliphatic rings. The Bertz CT molecular complexity index is 715. The average Bonchev–Trinajstić information content (AvgIpc) is 2.39. The van der Waals surface area contributed by atoms with E-state index in [1.807, 2.05) is 0 Å². The maximum absolute atomic E-state index is 12.3. The van der Waals surface area contributed by atoms with Gasteiger partial charge in [0.2, 0.25) is 17.2 Å². The van der Waals surface area contributed by atoms with Gasteiger partial charge in [0.1, 0.15) is 0 Å². The molecule has 0 aliphatic heterocycles. The van der Waals surface area contributed by atoms with Crippen LogP contribution in [0.3, 0.4) is 0 Å². The van der Waals surface area contributed by atoms with Crippen molar-refractivity contribution in [1.82, 2.24) is 0 Å². The van der Waals surface area contributed by atoms with E-state index in [0.29, 0.717) is 0 Å². The number of rotatable bonds is 3. The average molecular weight is 296 g/mol. The topological polar surface area (TPSA) is 71.4 Å². The molecule has 19 heavy (non-hydrogen) atoms. The normalized spacial score (nSPS) is 14.8. The molecule has 0 aliphatic carbocycles. The van der Waals surface area contributed by atoms with Crippen LogP contribution in [-0.2, 0) is 14.4 Å². The standard InChI is InChI=1S/C13H13O4PS/c1-18(14,15)11-7-9-13(10-8-11)19(16,17)12-5-3-2-4-6-12/h2-10H,1H3,(H,14,15). The van der Waals surface area contributed by atoms with Crippen LogP contribution in [0.1, 0.15) is 0 Å². The molecule has 0 saturated carbocycles. The number of sulfone groups is 1. The van der Waals surface area contributed by atoms with E-state index in [9.17, 15) is 17.9 Å². The molecule has 4 nitrogen and oxygen atoms in total. The van der Waals surface area contributed by atoms with Crippen molar-refractivity contribution in [1.29, 1.82) is 0 Å². The number of hydrogen-bond acceptors (Lipinski definition) is 3. The molecule has 100 valence electrons. The summed E-state index contributed by atoms with van der Waals surface area (Å²) in [5.74, 6) is 0. The van der Waals surface area contributed by atoms with Crippen LogP contribution in [0.25, 0.3) is 0 Å². The maximum Gasteiger partial charge on any atom is 0.226 e. The lowest BCUT2D eigenvalue weighted by Crippen LogP contribution is -2.06. The Hall–Kier alpha value is -1.42. The van der Waals surface area contributed by atoms with Crippen LogP contribution < -0.4 is 5.30 Å². The van der Waals surface area contributed by atoms with Gasteiger partial charge in [0.25, 0.3) is 0 Å². The summed E-state index contributed by atoms with van der Waals surface area (Å²) >= 11 is 0. The van der Waals surface area contributed by atoms with Crippen molar-refractivity contribution in [2.24, 2.45) is 0 Å².